The lowest BCUT2D eigenvalue weighted by molar-refractivity contribution is 0.248. The Hall–Kier alpha value is -2.41. The third-order valence-corrected chi connectivity index (χ3v) is 7.21. The van der Waals surface area contributed by atoms with Crippen LogP contribution in [0, 0.1) is 0 Å². The average molecular weight is 407 g/mol. The molecule has 3 heterocycles. The molecule has 5 rings (SSSR count). The second kappa shape index (κ2) is 7.78. The van der Waals surface area contributed by atoms with Gasteiger partial charge in [-0.1, -0.05) is 24.3 Å². The van der Waals surface area contributed by atoms with E-state index in [-0.39, 0.29) is 6.04 Å². The number of benzene rings is 2. The van der Waals surface area contributed by atoms with Crippen LogP contribution in [0.25, 0.3) is 21.8 Å². The number of nitrogens with zero attached hydrogens (tertiary/aromatic N) is 2. The summed E-state index contributed by atoms with van der Waals surface area (Å²) in [5, 5.41) is 2.30. The van der Waals surface area contributed by atoms with E-state index in [9.17, 15) is 4.21 Å². The Bertz CT molecular complexity index is 1170. The van der Waals surface area contributed by atoms with Gasteiger partial charge in [0, 0.05) is 47.8 Å². The maximum atomic E-state index is 13.1. The molecule has 0 bridgehead atoms. The third-order valence-electron chi connectivity index (χ3n) is 6.03. The van der Waals surface area contributed by atoms with Gasteiger partial charge in [-0.2, -0.15) is 0 Å². The Labute approximate surface area is 173 Å². The molecule has 2 N–H and O–H groups in total. The molecule has 6 heteroatoms. The smallest absolute Gasteiger partial charge is 0.125 e. The molecule has 1 aliphatic heterocycles. The van der Waals surface area contributed by atoms with E-state index in [0.29, 0.717) is 6.54 Å². The summed E-state index contributed by atoms with van der Waals surface area (Å²) in [5.74, 6) is 0. The minimum atomic E-state index is -1.26. The van der Waals surface area contributed by atoms with Crippen molar-refractivity contribution in [3.8, 4) is 0 Å². The number of fused-ring (bicyclic) bond motifs is 2. The van der Waals surface area contributed by atoms with Crippen molar-refractivity contribution in [2.45, 2.75) is 23.8 Å². The van der Waals surface area contributed by atoms with Crippen LogP contribution in [0.2, 0.25) is 0 Å². The molecule has 2 unspecified atom stereocenters. The van der Waals surface area contributed by atoms with Crippen LogP contribution < -0.4 is 4.72 Å². The second-order valence-electron chi connectivity index (χ2n) is 7.78. The number of para-hydroxylation sites is 1. The summed E-state index contributed by atoms with van der Waals surface area (Å²) in [5.41, 5.74) is 3.57. The molecule has 0 radical (unpaired) electrons. The molecule has 1 fully saturated rings. The minimum absolute atomic E-state index is 0.206. The quantitative estimate of drug-likeness (QED) is 0.506. The second-order valence-corrected chi connectivity index (χ2v) is 9.05. The zero-order valence-corrected chi connectivity index (χ0v) is 17.4. The molecule has 0 amide bonds. The topological polar surface area (TPSA) is 53.1 Å². The van der Waals surface area contributed by atoms with Crippen LogP contribution in [-0.4, -0.2) is 38.3 Å². The summed E-state index contributed by atoms with van der Waals surface area (Å²) in [6.45, 7) is 2.84. The zero-order chi connectivity index (χ0) is 19.8. The van der Waals surface area contributed by atoms with Crippen LogP contribution in [0.15, 0.2) is 65.8 Å². The lowest BCUT2D eigenvalue weighted by atomic mass is 10.0. The monoisotopic (exact) mass is 406 g/mol. The average Bonchev–Trinajstić information content (AvgIpc) is 3.49. The van der Waals surface area contributed by atoms with Gasteiger partial charge < -0.3 is 9.55 Å². The highest BCUT2D eigenvalue weighted by Gasteiger charge is 2.26. The number of aryl methyl sites for hydroxylation is 1. The van der Waals surface area contributed by atoms with E-state index in [0.717, 1.165) is 28.9 Å². The number of hydrogen-bond acceptors (Lipinski definition) is 2. The highest BCUT2D eigenvalue weighted by Crippen LogP contribution is 2.32. The normalized spacial score (nSPS) is 17.3. The van der Waals surface area contributed by atoms with Gasteiger partial charge in [-0.15, -0.1) is 0 Å². The molecule has 0 aliphatic carbocycles. The molecule has 0 saturated carbocycles. The Morgan fingerprint density at radius 3 is 2.76 bits per heavy atom. The summed E-state index contributed by atoms with van der Waals surface area (Å²) >= 11 is 0. The van der Waals surface area contributed by atoms with Crippen LogP contribution in [0.1, 0.15) is 24.4 Å². The molecule has 1 aliphatic rings. The van der Waals surface area contributed by atoms with Crippen molar-refractivity contribution in [3.05, 3.63) is 66.5 Å². The SMILES string of the molecule is Cn1cc(C(CNS(=O)c2cccc3[nH]ccc23)N2CCCC2)c2ccccc21. The lowest BCUT2D eigenvalue weighted by Gasteiger charge is -2.27. The highest BCUT2D eigenvalue weighted by molar-refractivity contribution is 7.83. The van der Waals surface area contributed by atoms with Gasteiger partial charge in [0.25, 0.3) is 0 Å². The Morgan fingerprint density at radius 2 is 1.90 bits per heavy atom. The van der Waals surface area contributed by atoms with E-state index < -0.39 is 11.0 Å². The first kappa shape index (κ1) is 18.6. The summed E-state index contributed by atoms with van der Waals surface area (Å²) < 4.78 is 18.7. The van der Waals surface area contributed by atoms with Gasteiger partial charge in [-0.25, -0.2) is 8.93 Å². The molecule has 4 aromatic rings. The van der Waals surface area contributed by atoms with Gasteiger partial charge in [-0.3, -0.25) is 4.90 Å². The summed E-state index contributed by atoms with van der Waals surface area (Å²) in [6, 6.07) is 16.7. The van der Waals surface area contributed by atoms with Crippen LogP contribution in [0.5, 0.6) is 0 Å². The number of rotatable bonds is 6. The number of nitrogens with one attached hydrogen (secondary N) is 2. The molecular formula is C23H26N4OS. The Balaban J connectivity index is 1.45. The van der Waals surface area contributed by atoms with Crippen molar-refractivity contribution in [2.24, 2.45) is 7.05 Å². The molecule has 29 heavy (non-hydrogen) atoms. The molecule has 2 atom stereocenters. The fraction of sp³-hybridized carbons (Fsp3) is 0.304. The van der Waals surface area contributed by atoms with Gasteiger partial charge in [-0.05, 0) is 55.8 Å². The first-order valence-electron chi connectivity index (χ1n) is 10.2. The van der Waals surface area contributed by atoms with Crippen molar-refractivity contribution in [1.82, 2.24) is 19.2 Å². The molecule has 0 spiro atoms. The van der Waals surface area contributed by atoms with Crippen LogP contribution in [0.4, 0.5) is 0 Å². The summed E-state index contributed by atoms with van der Waals surface area (Å²) in [6.07, 6.45) is 6.60. The van der Waals surface area contributed by atoms with Crippen molar-refractivity contribution in [2.75, 3.05) is 19.6 Å². The largest absolute Gasteiger partial charge is 0.361 e. The van der Waals surface area contributed by atoms with Gasteiger partial charge >= 0.3 is 0 Å². The Morgan fingerprint density at radius 1 is 1.07 bits per heavy atom. The van der Waals surface area contributed by atoms with E-state index in [2.05, 4.69) is 56.7 Å². The minimum Gasteiger partial charge on any atom is -0.361 e. The summed E-state index contributed by atoms with van der Waals surface area (Å²) in [7, 11) is 0.841. The number of aromatic nitrogens is 2. The fourth-order valence-electron chi connectivity index (χ4n) is 4.58. The molecule has 5 nitrogen and oxygen atoms in total. The van der Waals surface area contributed by atoms with E-state index >= 15 is 0 Å². The van der Waals surface area contributed by atoms with Crippen LogP contribution in [0.3, 0.4) is 0 Å². The summed E-state index contributed by atoms with van der Waals surface area (Å²) in [4.78, 5) is 6.57. The number of H-pyrrole nitrogens is 1. The van der Waals surface area contributed by atoms with Gasteiger partial charge in [0.2, 0.25) is 0 Å². The molecule has 150 valence electrons. The predicted molar refractivity (Wildman–Crippen MR) is 119 cm³/mol. The van der Waals surface area contributed by atoms with E-state index in [1.807, 2.05) is 30.5 Å². The standard InChI is InChI=1S/C23H26N4OS/c1-26-16-19(17-7-2-3-9-21(17)26)22(27-13-4-5-14-27)15-25-29(28)23-10-6-8-20-18(23)11-12-24-20/h2-3,6-12,16,22,24-25H,4-5,13-15H2,1H3. The number of likely N-dealkylation sites (tertiary alicyclic amines) is 1. The highest BCUT2D eigenvalue weighted by atomic mass is 32.2. The molecular weight excluding hydrogens is 380 g/mol. The first-order chi connectivity index (χ1) is 14.2. The predicted octanol–water partition coefficient (Wildman–Crippen LogP) is 4.11. The van der Waals surface area contributed by atoms with Crippen molar-refractivity contribution < 1.29 is 4.21 Å². The van der Waals surface area contributed by atoms with Gasteiger partial charge in [0.15, 0.2) is 0 Å². The number of aromatic amines is 1. The molecule has 2 aromatic heterocycles. The van der Waals surface area contributed by atoms with Crippen molar-refractivity contribution >= 4 is 32.8 Å². The maximum Gasteiger partial charge on any atom is 0.125 e. The van der Waals surface area contributed by atoms with Gasteiger partial charge in [0.1, 0.15) is 11.0 Å². The van der Waals surface area contributed by atoms with Crippen LogP contribution in [-0.2, 0) is 18.0 Å². The molecule has 1 saturated heterocycles. The first-order valence-corrected chi connectivity index (χ1v) is 11.4. The third kappa shape index (κ3) is 3.41. The van der Waals surface area contributed by atoms with E-state index in [1.54, 1.807) is 0 Å². The Kier molecular flexibility index (Phi) is 4.99. The number of hydrogen-bond donors (Lipinski definition) is 2. The lowest BCUT2D eigenvalue weighted by Crippen LogP contribution is -2.34. The fourth-order valence-corrected chi connectivity index (χ4v) is 5.62. The van der Waals surface area contributed by atoms with E-state index in [1.165, 1.54) is 29.3 Å². The van der Waals surface area contributed by atoms with Crippen molar-refractivity contribution in [1.29, 1.82) is 0 Å². The zero-order valence-electron chi connectivity index (χ0n) is 16.6. The molecule has 2 aromatic carbocycles. The van der Waals surface area contributed by atoms with Gasteiger partial charge in [0.05, 0.1) is 10.9 Å². The maximum absolute atomic E-state index is 13.1. The van der Waals surface area contributed by atoms with E-state index in [4.69, 9.17) is 0 Å². The van der Waals surface area contributed by atoms with Crippen molar-refractivity contribution in [3.63, 3.8) is 0 Å². The van der Waals surface area contributed by atoms with Crippen LogP contribution >= 0.6 is 0 Å².